The number of nitrogens with zero attached hydrogens (tertiary/aromatic N) is 2. The van der Waals surface area contributed by atoms with Gasteiger partial charge in [-0.1, -0.05) is 18.2 Å². The molecule has 2 aromatic rings. The van der Waals surface area contributed by atoms with Gasteiger partial charge in [-0.2, -0.15) is 0 Å². The first-order valence-electron chi connectivity index (χ1n) is 11.3. The summed E-state index contributed by atoms with van der Waals surface area (Å²) in [6.07, 6.45) is 9.82. The van der Waals surface area contributed by atoms with Crippen LogP contribution in [0, 0.1) is 5.92 Å². The number of anilines is 2. The Balaban J connectivity index is 1.62. The summed E-state index contributed by atoms with van der Waals surface area (Å²) in [5.74, 6) is 6.32. The number of hydrogen-bond acceptors (Lipinski definition) is 8. The van der Waals surface area contributed by atoms with Crippen LogP contribution in [0.4, 0.5) is 11.4 Å². The van der Waals surface area contributed by atoms with E-state index in [-0.39, 0.29) is 12.4 Å². The van der Waals surface area contributed by atoms with E-state index in [1.165, 1.54) is 17.2 Å². The van der Waals surface area contributed by atoms with Gasteiger partial charge in [-0.15, -0.1) is 0 Å². The minimum Gasteiger partial charge on any atom is -0.497 e. The van der Waals surface area contributed by atoms with Gasteiger partial charge in [0, 0.05) is 30.5 Å². The Labute approximate surface area is 206 Å². The lowest BCUT2D eigenvalue weighted by molar-refractivity contribution is -0.115. The topological polar surface area (TPSA) is 111 Å². The molecule has 0 bridgehead atoms. The number of methoxy groups -OCH3 is 1. The highest BCUT2D eigenvalue weighted by atomic mass is 16.5. The maximum Gasteiger partial charge on any atom is 0.180 e. The lowest BCUT2D eigenvalue weighted by atomic mass is 10.0. The molecule has 8 nitrogen and oxygen atoms in total. The zero-order chi connectivity index (χ0) is 25.3. The number of benzene rings is 2. The molecule has 1 unspecified atom stereocenters. The summed E-state index contributed by atoms with van der Waals surface area (Å²) in [6, 6.07) is 16.9. The van der Waals surface area contributed by atoms with E-state index in [1.54, 1.807) is 25.5 Å². The minimum atomic E-state index is -0.986. The number of nitrogens with two attached hydrogens (primary N) is 2. The summed E-state index contributed by atoms with van der Waals surface area (Å²) in [7, 11) is 3.48. The Kier molecular flexibility index (Phi) is 8.83. The smallest absolute Gasteiger partial charge is 0.180 e. The number of hydrazine groups is 1. The molecule has 0 amide bonds. The van der Waals surface area contributed by atoms with Crippen molar-refractivity contribution in [3.8, 4) is 5.75 Å². The third-order valence-corrected chi connectivity index (χ3v) is 5.84. The number of carbonyl (C=O) groups is 2. The van der Waals surface area contributed by atoms with Gasteiger partial charge in [0.2, 0.25) is 0 Å². The summed E-state index contributed by atoms with van der Waals surface area (Å²) < 4.78 is 11.4. The van der Waals surface area contributed by atoms with Crippen LogP contribution in [0.3, 0.4) is 0 Å². The maximum atomic E-state index is 11.8. The molecule has 1 aliphatic rings. The Morgan fingerprint density at radius 3 is 2.31 bits per heavy atom. The highest BCUT2D eigenvalue weighted by Gasteiger charge is 2.33. The Morgan fingerprint density at radius 1 is 1.06 bits per heavy atom. The van der Waals surface area contributed by atoms with Crippen molar-refractivity contribution < 1.29 is 19.1 Å². The molecular weight excluding hydrogens is 444 g/mol. The van der Waals surface area contributed by atoms with Gasteiger partial charge < -0.3 is 24.9 Å². The summed E-state index contributed by atoms with van der Waals surface area (Å²) in [5.41, 5.74) is 7.38. The minimum absolute atomic E-state index is 0.112. The molecule has 0 saturated carbocycles. The number of carbonyl (C=O) groups excluding carboxylic acids is 2. The van der Waals surface area contributed by atoms with E-state index in [2.05, 4.69) is 0 Å². The van der Waals surface area contributed by atoms with Crippen molar-refractivity contribution in [3.05, 3.63) is 90.8 Å². The van der Waals surface area contributed by atoms with Crippen molar-refractivity contribution >= 4 is 23.4 Å². The zero-order valence-corrected chi connectivity index (χ0v) is 20.0. The van der Waals surface area contributed by atoms with Gasteiger partial charge in [0.05, 0.1) is 19.4 Å². The molecule has 0 fully saturated rings. The lowest BCUT2D eigenvalue weighted by Gasteiger charge is -2.40. The molecule has 3 rings (SSSR count). The number of allylic oxidation sites excluding steroid dienone is 3. The third-order valence-electron chi connectivity index (χ3n) is 5.84. The Hall–Kier alpha value is -3.88. The Bertz CT molecular complexity index is 1060. The van der Waals surface area contributed by atoms with E-state index in [0.29, 0.717) is 18.5 Å². The Morgan fingerprint density at radius 2 is 1.71 bits per heavy atom. The number of para-hydroxylation sites is 1. The van der Waals surface area contributed by atoms with Crippen LogP contribution >= 0.6 is 0 Å². The molecule has 1 aliphatic carbocycles. The van der Waals surface area contributed by atoms with Crippen LogP contribution in [0.2, 0.25) is 0 Å². The van der Waals surface area contributed by atoms with Crippen LogP contribution in [0.15, 0.2) is 90.8 Å². The largest absolute Gasteiger partial charge is 0.497 e. The molecule has 1 atom stereocenters. The number of aldehydes is 1. The van der Waals surface area contributed by atoms with E-state index in [0.717, 1.165) is 23.4 Å². The quantitative estimate of drug-likeness (QED) is 0.208. The summed E-state index contributed by atoms with van der Waals surface area (Å²) >= 11 is 0. The predicted molar refractivity (Wildman–Crippen MR) is 138 cm³/mol. The number of rotatable bonds is 12. The van der Waals surface area contributed by atoms with Gasteiger partial charge in [-0.25, -0.2) is 5.84 Å². The van der Waals surface area contributed by atoms with Gasteiger partial charge in [0.15, 0.2) is 11.5 Å². The fraction of sp³-hybridized carbons (Fsp3) is 0.259. The van der Waals surface area contributed by atoms with Gasteiger partial charge in [0.25, 0.3) is 0 Å². The van der Waals surface area contributed by atoms with Crippen LogP contribution in [0.5, 0.6) is 5.75 Å². The normalized spacial score (nSPS) is 15.5. The van der Waals surface area contributed by atoms with E-state index in [9.17, 15) is 9.59 Å². The van der Waals surface area contributed by atoms with Crippen molar-refractivity contribution in [3.63, 3.8) is 0 Å². The van der Waals surface area contributed by atoms with Gasteiger partial charge in [0.1, 0.15) is 12.0 Å². The molecule has 184 valence electrons. The van der Waals surface area contributed by atoms with Crippen LogP contribution in [0.1, 0.15) is 12.8 Å². The van der Waals surface area contributed by atoms with E-state index < -0.39 is 11.6 Å². The molecule has 4 N–H and O–H groups in total. The number of likely N-dealkylation sites (N-methyl/N-ethyl adjacent to an activating group) is 1. The molecule has 35 heavy (non-hydrogen) atoms. The molecule has 0 aliphatic heterocycles. The molecule has 0 radical (unpaired) electrons. The van der Waals surface area contributed by atoms with Gasteiger partial charge in [-0.05, 0) is 73.5 Å². The molecule has 2 aromatic carbocycles. The fourth-order valence-corrected chi connectivity index (χ4v) is 3.64. The average molecular weight is 477 g/mol. The number of ketones is 1. The van der Waals surface area contributed by atoms with Crippen LogP contribution in [-0.4, -0.2) is 38.6 Å². The van der Waals surface area contributed by atoms with E-state index >= 15 is 0 Å². The number of hydrogen-bond donors (Lipinski definition) is 2. The highest BCUT2D eigenvalue weighted by Crippen LogP contribution is 2.29. The first-order valence-corrected chi connectivity index (χ1v) is 11.3. The van der Waals surface area contributed by atoms with Crippen molar-refractivity contribution in [2.45, 2.75) is 18.6 Å². The molecule has 0 spiro atoms. The third kappa shape index (κ3) is 6.81. The van der Waals surface area contributed by atoms with E-state index in [4.69, 9.17) is 21.1 Å². The first-order chi connectivity index (χ1) is 16.9. The molecular formula is C27H32N4O4. The van der Waals surface area contributed by atoms with Gasteiger partial charge in [-0.3, -0.25) is 9.80 Å². The second-order valence-corrected chi connectivity index (χ2v) is 8.27. The van der Waals surface area contributed by atoms with E-state index in [1.807, 2.05) is 66.5 Å². The molecule has 0 saturated heterocycles. The van der Waals surface area contributed by atoms with Crippen molar-refractivity contribution in [1.29, 1.82) is 0 Å². The van der Waals surface area contributed by atoms with Crippen molar-refractivity contribution in [1.82, 2.24) is 0 Å². The van der Waals surface area contributed by atoms with Crippen molar-refractivity contribution in [2.24, 2.45) is 17.5 Å². The van der Waals surface area contributed by atoms with Crippen molar-refractivity contribution in [2.75, 3.05) is 30.7 Å². The first kappa shape index (κ1) is 25.7. The average Bonchev–Trinajstić information content (AvgIpc) is 2.90. The highest BCUT2D eigenvalue weighted by molar-refractivity contribution is 6.00. The summed E-state index contributed by atoms with van der Waals surface area (Å²) in [6.45, 7) is 0.154. The summed E-state index contributed by atoms with van der Waals surface area (Å²) in [5, 5.41) is 1.43. The van der Waals surface area contributed by atoms with Crippen LogP contribution in [-0.2, 0) is 14.3 Å². The molecule has 0 aromatic heterocycles. The summed E-state index contributed by atoms with van der Waals surface area (Å²) in [4.78, 5) is 25.5. The lowest BCUT2D eigenvalue weighted by Crippen LogP contribution is -2.48. The standard InChI is InChI=1S/C27H32N4O4/c1-30(23-6-4-3-5-7-23)27(16-14-25(33)15-17-27)35-20-21(19-32)8-9-22(28)18-31(29)24-10-12-26(34-2)13-11-24/h3-7,10-19,21H,8-9,20,28-29H2,1-2H3/b22-18-. The monoisotopic (exact) mass is 476 g/mol. The predicted octanol–water partition coefficient (Wildman–Crippen LogP) is 3.32. The number of ether oxygens (including phenoxy) is 2. The van der Waals surface area contributed by atoms with Gasteiger partial charge >= 0.3 is 0 Å². The van der Waals surface area contributed by atoms with Crippen LogP contribution < -0.4 is 26.2 Å². The zero-order valence-electron chi connectivity index (χ0n) is 20.0. The second-order valence-electron chi connectivity index (χ2n) is 8.27. The molecule has 0 heterocycles. The SMILES string of the molecule is COc1ccc(N(N)/C=C(\N)CCC(C=O)COC2(N(C)c3ccccc3)C=CC(=O)C=C2)cc1. The van der Waals surface area contributed by atoms with Crippen LogP contribution in [0.25, 0.3) is 0 Å². The molecule has 8 heteroatoms. The maximum absolute atomic E-state index is 11.8. The fourth-order valence-electron chi connectivity index (χ4n) is 3.64. The second kappa shape index (κ2) is 12.0.